The molecular weight excluding hydrogens is 456 g/mol. The molecule has 1 aromatic carbocycles. The van der Waals surface area contributed by atoms with E-state index in [0.717, 1.165) is 13.3 Å². The maximum atomic E-state index is 13.9. The molecule has 14 heteroatoms. The van der Waals surface area contributed by atoms with Gasteiger partial charge in [-0.15, -0.1) is 0 Å². The van der Waals surface area contributed by atoms with Crippen LogP contribution in [0.25, 0.3) is 0 Å². The summed E-state index contributed by atoms with van der Waals surface area (Å²) < 4.78 is 140. The molecule has 0 unspecified atom stereocenters. The first-order chi connectivity index (χ1) is 14.1. The van der Waals surface area contributed by atoms with Crippen molar-refractivity contribution in [1.29, 1.82) is 0 Å². The van der Waals surface area contributed by atoms with E-state index in [1.165, 1.54) is 0 Å². The minimum Gasteiger partial charge on any atom is -0.465 e. The maximum absolute atomic E-state index is 13.9. The van der Waals surface area contributed by atoms with E-state index in [1.54, 1.807) is 0 Å². The number of hydrogen-bond acceptors (Lipinski definition) is 4. The van der Waals surface area contributed by atoms with Crippen LogP contribution in [0.15, 0.2) is 36.5 Å². The highest BCUT2D eigenvalue weighted by atomic mass is 19.4. The number of nitrogens with zero attached hydrogens (tertiary/aromatic N) is 1. The second-order valence-electron chi connectivity index (χ2n) is 5.85. The van der Waals surface area contributed by atoms with Crippen LogP contribution in [0, 0.1) is 5.82 Å². The molecule has 0 spiro atoms. The number of esters is 1. The van der Waals surface area contributed by atoms with Gasteiger partial charge in [0.15, 0.2) is 5.82 Å². The smallest absolute Gasteiger partial charge is 0.460 e. The van der Waals surface area contributed by atoms with Crippen LogP contribution in [0.2, 0.25) is 0 Å². The summed E-state index contributed by atoms with van der Waals surface area (Å²) >= 11 is 0. The molecule has 0 aliphatic rings. The molecule has 4 nitrogen and oxygen atoms in total. The van der Waals surface area contributed by atoms with Crippen molar-refractivity contribution < 1.29 is 58.2 Å². The zero-order valence-electron chi connectivity index (χ0n) is 14.9. The largest absolute Gasteiger partial charge is 0.465 e. The molecule has 0 fully saturated rings. The van der Waals surface area contributed by atoms with E-state index in [0.29, 0.717) is 18.2 Å². The summed E-state index contributed by atoms with van der Waals surface area (Å²) in [5.41, 5.74) is -2.20. The minimum atomic E-state index is -7.03. The van der Waals surface area contributed by atoms with Crippen LogP contribution in [0.3, 0.4) is 0 Å². The van der Waals surface area contributed by atoms with Crippen LogP contribution >= 0.6 is 0 Å². The lowest BCUT2D eigenvalue weighted by molar-refractivity contribution is -0.399. The van der Waals surface area contributed by atoms with E-state index in [4.69, 9.17) is 4.74 Å². The lowest BCUT2D eigenvalue weighted by Gasteiger charge is -2.33. The number of alkyl halides is 9. The fraction of sp³-hybridized carbons (Fsp3) is 0.294. The van der Waals surface area contributed by atoms with Gasteiger partial charge in [0, 0.05) is 11.8 Å². The fourth-order valence-electron chi connectivity index (χ4n) is 2.13. The Morgan fingerprint density at radius 2 is 1.45 bits per heavy atom. The van der Waals surface area contributed by atoms with Crippen molar-refractivity contribution in [2.75, 3.05) is 7.11 Å². The SMILES string of the molecule is COC(=O)c1cnc(Oc2ccc(C(F)(F)C(F)(F)C(F)(F)C(F)(F)F)cc2)c(F)c1. The van der Waals surface area contributed by atoms with E-state index >= 15 is 0 Å². The van der Waals surface area contributed by atoms with Crippen molar-refractivity contribution in [3.63, 3.8) is 0 Å². The Morgan fingerprint density at radius 1 is 0.903 bits per heavy atom. The van der Waals surface area contributed by atoms with Crippen LogP contribution in [-0.4, -0.2) is 36.1 Å². The van der Waals surface area contributed by atoms with Crippen LogP contribution < -0.4 is 4.74 Å². The predicted octanol–water partition coefficient (Wildman–Crippen LogP) is 5.72. The van der Waals surface area contributed by atoms with Crippen LogP contribution in [0.4, 0.5) is 43.9 Å². The normalized spacial score (nSPS) is 13.1. The van der Waals surface area contributed by atoms with Gasteiger partial charge in [0.2, 0.25) is 0 Å². The molecule has 0 atom stereocenters. The zero-order valence-corrected chi connectivity index (χ0v) is 14.9. The Hall–Kier alpha value is -3.06. The average Bonchev–Trinajstić information content (AvgIpc) is 2.68. The van der Waals surface area contributed by atoms with Gasteiger partial charge in [-0.05, 0) is 30.3 Å². The first-order valence-electron chi connectivity index (χ1n) is 7.78. The summed E-state index contributed by atoms with van der Waals surface area (Å²) in [4.78, 5) is 14.7. The predicted molar refractivity (Wildman–Crippen MR) is 81.9 cm³/mol. The second-order valence-corrected chi connectivity index (χ2v) is 5.85. The van der Waals surface area contributed by atoms with Gasteiger partial charge in [0.25, 0.3) is 5.88 Å². The summed E-state index contributed by atoms with van der Waals surface area (Å²) in [6.45, 7) is 0. The molecule has 1 aromatic heterocycles. The molecule has 0 radical (unpaired) electrons. The van der Waals surface area contributed by atoms with Crippen LogP contribution in [0.1, 0.15) is 15.9 Å². The van der Waals surface area contributed by atoms with Gasteiger partial charge in [0.05, 0.1) is 12.7 Å². The number of aromatic nitrogens is 1. The third-order valence-electron chi connectivity index (χ3n) is 3.80. The number of ether oxygens (including phenoxy) is 2. The molecule has 0 saturated heterocycles. The van der Waals surface area contributed by atoms with Crippen molar-refractivity contribution in [1.82, 2.24) is 4.98 Å². The second kappa shape index (κ2) is 7.89. The first-order valence-corrected chi connectivity index (χ1v) is 7.78. The Labute approximate surface area is 166 Å². The van der Waals surface area contributed by atoms with Crippen LogP contribution in [-0.2, 0) is 10.7 Å². The van der Waals surface area contributed by atoms with Gasteiger partial charge >= 0.3 is 29.9 Å². The summed E-state index contributed by atoms with van der Waals surface area (Å²) in [5.74, 6) is -23.3. The standard InChI is InChI=1S/C17H9F10NO3/c1-30-13(29)8-6-11(18)12(28-7-8)31-10-4-2-9(3-5-10)14(19,20)15(21,22)16(23,24)17(25,26)27/h2-7H,1H3. The highest BCUT2D eigenvalue weighted by molar-refractivity contribution is 5.88. The van der Waals surface area contributed by atoms with Gasteiger partial charge in [0.1, 0.15) is 5.75 Å². The van der Waals surface area contributed by atoms with Crippen molar-refractivity contribution in [2.45, 2.75) is 23.9 Å². The highest BCUT2D eigenvalue weighted by Crippen LogP contribution is 2.56. The number of benzene rings is 1. The van der Waals surface area contributed by atoms with Gasteiger partial charge < -0.3 is 9.47 Å². The van der Waals surface area contributed by atoms with Crippen LogP contribution in [0.5, 0.6) is 11.6 Å². The third kappa shape index (κ3) is 4.23. The van der Waals surface area contributed by atoms with Gasteiger partial charge in [-0.2, -0.15) is 39.5 Å². The molecule has 2 aromatic rings. The number of carbonyl (C=O) groups excluding carboxylic acids is 1. The number of carbonyl (C=O) groups is 1. The molecule has 2 rings (SSSR count). The van der Waals surface area contributed by atoms with E-state index in [2.05, 4.69) is 9.72 Å². The van der Waals surface area contributed by atoms with Gasteiger partial charge in [-0.1, -0.05) is 0 Å². The number of methoxy groups -OCH3 is 1. The quantitative estimate of drug-likeness (QED) is 0.404. The molecule has 0 saturated carbocycles. The topological polar surface area (TPSA) is 48.4 Å². The summed E-state index contributed by atoms with van der Waals surface area (Å²) in [7, 11) is 1.01. The summed E-state index contributed by atoms with van der Waals surface area (Å²) in [5, 5.41) is 0. The molecule has 31 heavy (non-hydrogen) atoms. The lowest BCUT2D eigenvalue weighted by Crippen LogP contribution is -2.59. The number of hydrogen-bond donors (Lipinski definition) is 0. The molecule has 0 aliphatic carbocycles. The Morgan fingerprint density at radius 3 is 1.90 bits per heavy atom. The first kappa shape index (κ1) is 24.2. The van der Waals surface area contributed by atoms with E-state index in [1.807, 2.05) is 0 Å². The van der Waals surface area contributed by atoms with E-state index in [-0.39, 0.29) is 17.7 Å². The zero-order chi connectivity index (χ0) is 23.8. The maximum Gasteiger partial charge on any atom is 0.460 e. The molecule has 1 heterocycles. The van der Waals surface area contributed by atoms with Crippen molar-refractivity contribution in [3.05, 3.63) is 53.5 Å². The minimum absolute atomic E-state index is 0.0937. The van der Waals surface area contributed by atoms with Crippen molar-refractivity contribution in [2.24, 2.45) is 0 Å². The summed E-state index contributed by atoms with van der Waals surface area (Å²) in [6.07, 6.45) is -6.12. The summed E-state index contributed by atoms with van der Waals surface area (Å²) in [6, 6.07) is 1.81. The number of pyridine rings is 1. The Kier molecular flexibility index (Phi) is 6.16. The fourth-order valence-corrected chi connectivity index (χ4v) is 2.13. The van der Waals surface area contributed by atoms with Gasteiger partial charge in [-0.3, -0.25) is 0 Å². The Balaban J connectivity index is 2.30. The Bertz CT molecular complexity index is 958. The average molecular weight is 465 g/mol. The van der Waals surface area contributed by atoms with Crippen molar-refractivity contribution in [3.8, 4) is 11.6 Å². The van der Waals surface area contributed by atoms with Crippen molar-refractivity contribution >= 4 is 5.97 Å². The third-order valence-corrected chi connectivity index (χ3v) is 3.80. The van der Waals surface area contributed by atoms with Gasteiger partial charge in [-0.25, -0.2) is 14.2 Å². The number of rotatable bonds is 6. The highest BCUT2D eigenvalue weighted by Gasteiger charge is 2.82. The number of halogens is 10. The molecule has 0 aliphatic heterocycles. The molecule has 170 valence electrons. The molecule has 0 bridgehead atoms. The molecule has 0 N–H and O–H groups in total. The van der Waals surface area contributed by atoms with E-state index in [9.17, 15) is 48.7 Å². The molecule has 0 amide bonds. The monoisotopic (exact) mass is 465 g/mol. The lowest BCUT2D eigenvalue weighted by atomic mass is 9.97. The molecular formula is C17H9F10NO3. The van der Waals surface area contributed by atoms with E-state index < -0.39 is 52.9 Å².